The van der Waals surface area contributed by atoms with Crippen LogP contribution in [0.15, 0.2) is 12.4 Å². The van der Waals surface area contributed by atoms with Crippen molar-refractivity contribution >= 4 is 5.91 Å². The largest absolute Gasteiger partial charge is 0.336 e. The Morgan fingerprint density at radius 2 is 2.44 bits per heavy atom. The molecule has 18 heavy (non-hydrogen) atoms. The first-order valence-corrected chi connectivity index (χ1v) is 6.81. The van der Waals surface area contributed by atoms with Crippen LogP contribution in [0.1, 0.15) is 25.3 Å². The number of hydrogen-bond acceptors (Lipinski definition) is 3. The molecule has 2 aliphatic rings. The summed E-state index contributed by atoms with van der Waals surface area (Å²) in [5, 5.41) is 7.72. The molecule has 2 unspecified atom stereocenters. The van der Waals surface area contributed by atoms with Gasteiger partial charge in [0, 0.05) is 37.4 Å². The Balaban J connectivity index is 1.68. The summed E-state index contributed by atoms with van der Waals surface area (Å²) < 4.78 is 1.90. The normalized spacial score (nSPS) is 27.6. The zero-order valence-electron chi connectivity index (χ0n) is 10.8. The summed E-state index contributed by atoms with van der Waals surface area (Å²) >= 11 is 0. The van der Waals surface area contributed by atoms with Crippen LogP contribution in [0, 0.1) is 5.92 Å². The molecule has 0 radical (unpaired) electrons. The van der Waals surface area contributed by atoms with E-state index in [9.17, 15) is 4.79 Å². The SMILES string of the molecule is CCn1cc(CN2CC3NCCCC3C2=O)cn1. The van der Waals surface area contributed by atoms with Gasteiger partial charge in [-0.15, -0.1) is 0 Å². The summed E-state index contributed by atoms with van der Waals surface area (Å²) in [6.07, 6.45) is 6.06. The fourth-order valence-electron chi connectivity index (χ4n) is 3.03. The lowest BCUT2D eigenvalue weighted by molar-refractivity contribution is -0.131. The average Bonchev–Trinajstić information content (AvgIpc) is 2.97. The smallest absolute Gasteiger partial charge is 0.227 e. The van der Waals surface area contributed by atoms with Crippen LogP contribution in [0.5, 0.6) is 0 Å². The Labute approximate surface area is 107 Å². The first-order chi connectivity index (χ1) is 8.78. The minimum Gasteiger partial charge on any atom is -0.336 e. The highest BCUT2D eigenvalue weighted by Crippen LogP contribution is 2.27. The quantitative estimate of drug-likeness (QED) is 0.853. The molecule has 1 N–H and O–H groups in total. The summed E-state index contributed by atoms with van der Waals surface area (Å²) in [6.45, 7) is 5.54. The molecule has 0 bridgehead atoms. The lowest BCUT2D eigenvalue weighted by Crippen LogP contribution is -2.41. The number of amides is 1. The molecule has 2 fully saturated rings. The molecule has 3 rings (SSSR count). The van der Waals surface area contributed by atoms with Crippen molar-refractivity contribution in [1.82, 2.24) is 20.0 Å². The third-order valence-electron chi connectivity index (χ3n) is 4.01. The van der Waals surface area contributed by atoms with Crippen molar-refractivity contribution in [1.29, 1.82) is 0 Å². The highest BCUT2D eigenvalue weighted by Gasteiger charge is 2.41. The van der Waals surface area contributed by atoms with Crippen LogP contribution in [0.25, 0.3) is 0 Å². The lowest BCUT2D eigenvalue weighted by atomic mass is 9.94. The monoisotopic (exact) mass is 248 g/mol. The maximum Gasteiger partial charge on any atom is 0.227 e. The van der Waals surface area contributed by atoms with Gasteiger partial charge in [-0.25, -0.2) is 0 Å². The van der Waals surface area contributed by atoms with Crippen LogP contribution in [0.2, 0.25) is 0 Å². The summed E-state index contributed by atoms with van der Waals surface area (Å²) in [5.41, 5.74) is 1.13. The van der Waals surface area contributed by atoms with Crippen LogP contribution in [0.3, 0.4) is 0 Å². The van der Waals surface area contributed by atoms with Crippen molar-refractivity contribution in [2.75, 3.05) is 13.1 Å². The number of piperidine rings is 1. The minimum atomic E-state index is 0.208. The Bertz CT molecular complexity index is 442. The molecule has 0 aromatic carbocycles. The summed E-state index contributed by atoms with van der Waals surface area (Å²) in [7, 11) is 0. The third kappa shape index (κ3) is 2.03. The first-order valence-electron chi connectivity index (χ1n) is 6.81. The van der Waals surface area contributed by atoms with Crippen LogP contribution in [-0.4, -0.2) is 39.7 Å². The van der Waals surface area contributed by atoms with Crippen molar-refractivity contribution < 1.29 is 4.79 Å². The second-order valence-corrected chi connectivity index (χ2v) is 5.23. The van der Waals surface area contributed by atoms with Gasteiger partial charge in [-0.2, -0.15) is 5.10 Å². The van der Waals surface area contributed by atoms with E-state index in [1.807, 2.05) is 22.0 Å². The molecule has 0 spiro atoms. The molecule has 2 saturated heterocycles. The predicted octanol–water partition coefficient (Wildman–Crippen LogP) is 0.613. The number of aryl methyl sites for hydroxylation is 1. The van der Waals surface area contributed by atoms with Gasteiger partial charge in [-0.05, 0) is 26.3 Å². The van der Waals surface area contributed by atoms with Gasteiger partial charge in [0.1, 0.15) is 0 Å². The topological polar surface area (TPSA) is 50.2 Å². The standard InChI is InChI=1S/C13H20N4O/c1-2-17-8-10(6-15-17)7-16-9-12-11(13(16)18)4-3-5-14-12/h6,8,11-12,14H,2-5,7,9H2,1H3. The molecule has 1 aromatic heterocycles. The van der Waals surface area contributed by atoms with E-state index < -0.39 is 0 Å². The van der Waals surface area contributed by atoms with Gasteiger partial charge in [0.05, 0.1) is 12.1 Å². The number of carbonyl (C=O) groups is 1. The highest BCUT2D eigenvalue weighted by atomic mass is 16.2. The molecule has 5 heteroatoms. The number of rotatable bonds is 3. The van der Waals surface area contributed by atoms with E-state index in [-0.39, 0.29) is 5.92 Å². The van der Waals surface area contributed by atoms with E-state index in [1.165, 1.54) is 0 Å². The fourth-order valence-corrected chi connectivity index (χ4v) is 3.03. The molecule has 98 valence electrons. The summed E-state index contributed by atoms with van der Waals surface area (Å²) in [4.78, 5) is 14.3. The van der Waals surface area contributed by atoms with Crippen LogP contribution in [-0.2, 0) is 17.9 Å². The summed E-state index contributed by atoms with van der Waals surface area (Å²) in [6, 6.07) is 0.368. The van der Waals surface area contributed by atoms with Gasteiger partial charge < -0.3 is 10.2 Å². The Morgan fingerprint density at radius 1 is 1.56 bits per heavy atom. The molecule has 1 aromatic rings. The van der Waals surface area contributed by atoms with Gasteiger partial charge >= 0.3 is 0 Å². The molecule has 1 amide bonds. The Kier molecular flexibility index (Phi) is 3.07. The third-order valence-corrected chi connectivity index (χ3v) is 4.01. The number of fused-ring (bicyclic) bond motifs is 1. The number of nitrogens with zero attached hydrogens (tertiary/aromatic N) is 3. The van der Waals surface area contributed by atoms with Crippen LogP contribution < -0.4 is 5.32 Å². The number of aromatic nitrogens is 2. The molecule has 0 saturated carbocycles. The van der Waals surface area contributed by atoms with Gasteiger partial charge in [-0.3, -0.25) is 9.48 Å². The Morgan fingerprint density at radius 3 is 3.17 bits per heavy atom. The zero-order chi connectivity index (χ0) is 12.5. The number of carbonyl (C=O) groups excluding carboxylic acids is 1. The van der Waals surface area contributed by atoms with E-state index in [1.54, 1.807) is 0 Å². The minimum absolute atomic E-state index is 0.208. The molecule has 3 heterocycles. The Hall–Kier alpha value is -1.36. The molecular weight excluding hydrogens is 228 g/mol. The maximum atomic E-state index is 12.3. The van der Waals surface area contributed by atoms with Crippen molar-refractivity contribution in [3.8, 4) is 0 Å². The lowest BCUT2D eigenvalue weighted by Gasteiger charge is -2.23. The van der Waals surface area contributed by atoms with E-state index >= 15 is 0 Å². The van der Waals surface area contributed by atoms with Crippen LogP contribution >= 0.6 is 0 Å². The van der Waals surface area contributed by atoms with Crippen molar-refractivity contribution in [3.05, 3.63) is 18.0 Å². The van der Waals surface area contributed by atoms with Crippen LogP contribution in [0.4, 0.5) is 0 Å². The number of likely N-dealkylation sites (tertiary alicyclic amines) is 1. The molecule has 2 atom stereocenters. The van der Waals surface area contributed by atoms with E-state index in [4.69, 9.17) is 0 Å². The van der Waals surface area contributed by atoms with Crippen molar-refractivity contribution in [2.24, 2.45) is 5.92 Å². The second kappa shape index (κ2) is 4.72. The van der Waals surface area contributed by atoms with E-state index in [0.29, 0.717) is 18.5 Å². The van der Waals surface area contributed by atoms with Gasteiger partial charge in [0.2, 0.25) is 5.91 Å². The second-order valence-electron chi connectivity index (χ2n) is 5.23. The maximum absolute atomic E-state index is 12.3. The average molecular weight is 248 g/mol. The van der Waals surface area contributed by atoms with Crippen molar-refractivity contribution in [2.45, 2.75) is 38.9 Å². The highest BCUT2D eigenvalue weighted by molar-refractivity contribution is 5.82. The van der Waals surface area contributed by atoms with Gasteiger partial charge in [0.15, 0.2) is 0 Å². The predicted molar refractivity (Wildman–Crippen MR) is 67.8 cm³/mol. The number of hydrogen-bond donors (Lipinski definition) is 1. The van der Waals surface area contributed by atoms with Gasteiger partial charge in [-0.1, -0.05) is 0 Å². The fraction of sp³-hybridized carbons (Fsp3) is 0.692. The zero-order valence-corrected chi connectivity index (χ0v) is 10.8. The molecule has 2 aliphatic heterocycles. The first kappa shape index (κ1) is 11.7. The summed E-state index contributed by atoms with van der Waals surface area (Å²) in [5.74, 6) is 0.524. The van der Waals surface area contributed by atoms with Crippen molar-refractivity contribution in [3.63, 3.8) is 0 Å². The van der Waals surface area contributed by atoms with E-state index in [2.05, 4.69) is 17.3 Å². The number of nitrogens with one attached hydrogen (secondary N) is 1. The van der Waals surface area contributed by atoms with Gasteiger partial charge in [0.25, 0.3) is 0 Å². The molecular formula is C13H20N4O. The van der Waals surface area contributed by atoms with E-state index in [0.717, 1.165) is 38.0 Å². The molecule has 5 nitrogen and oxygen atoms in total. The molecule has 0 aliphatic carbocycles.